The highest BCUT2D eigenvalue weighted by molar-refractivity contribution is 5.96. The Bertz CT molecular complexity index is 1160. The highest BCUT2D eigenvalue weighted by Gasteiger charge is 2.15. The van der Waals surface area contributed by atoms with Crippen molar-refractivity contribution in [1.29, 1.82) is 0 Å². The molecule has 4 rings (SSSR count). The molecule has 0 saturated heterocycles. The van der Waals surface area contributed by atoms with Gasteiger partial charge >= 0.3 is 0 Å². The van der Waals surface area contributed by atoms with Crippen molar-refractivity contribution in [3.05, 3.63) is 86.6 Å². The lowest BCUT2D eigenvalue weighted by molar-refractivity contribution is 1.10. The first kappa shape index (κ1) is 16.6. The molecule has 3 aromatic carbocycles. The fourth-order valence-electron chi connectivity index (χ4n) is 4.09. The Morgan fingerprint density at radius 3 is 1.54 bits per heavy atom. The van der Waals surface area contributed by atoms with E-state index in [0.29, 0.717) is 0 Å². The summed E-state index contributed by atoms with van der Waals surface area (Å²) in [7, 11) is 0. The van der Waals surface area contributed by atoms with E-state index in [1.54, 1.807) is 0 Å². The van der Waals surface area contributed by atoms with Gasteiger partial charge in [0.05, 0.1) is 16.7 Å². The highest BCUT2D eigenvalue weighted by Crippen LogP contribution is 2.29. The van der Waals surface area contributed by atoms with Crippen molar-refractivity contribution in [3.8, 4) is 5.69 Å². The van der Waals surface area contributed by atoms with Gasteiger partial charge < -0.3 is 4.57 Å². The fraction of sp³-hybridized carbons (Fsp3) is 0.208. The van der Waals surface area contributed by atoms with Crippen LogP contribution < -0.4 is 5.43 Å². The monoisotopic (exact) mass is 341 g/mol. The number of aromatic nitrogens is 1. The second kappa shape index (κ2) is 5.84. The van der Waals surface area contributed by atoms with Crippen molar-refractivity contribution < 1.29 is 0 Å². The van der Waals surface area contributed by atoms with Gasteiger partial charge in [0.2, 0.25) is 0 Å². The number of hydrogen-bond donors (Lipinski definition) is 0. The van der Waals surface area contributed by atoms with E-state index in [-0.39, 0.29) is 5.43 Å². The second-order valence-corrected chi connectivity index (χ2v) is 7.45. The summed E-state index contributed by atoms with van der Waals surface area (Å²) < 4.78 is 2.26. The summed E-state index contributed by atoms with van der Waals surface area (Å²) in [5.74, 6) is 0. The van der Waals surface area contributed by atoms with Gasteiger partial charge in [0, 0.05) is 10.8 Å². The zero-order valence-corrected chi connectivity index (χ0v) is 16.0. The molecule has 0 bridgehead atoms. The summed E-state index contributed by atoms with van der Waals surface area (Å²) in [5.41, 5.74) is 9.10. The Morgan fingerprint density at radius 2 is 1.08 bits per heavy atom. The largest absolute Gasteiger partial charge is 0.308 e. The maximum absolute atomic E-state index is 13.2. The molecule has 0 saturated carbocycles. The molecule has 0 spiro atoms. The third-order valence-corrected chi connectivity index (χ3v) is 5.13. The summed E-state index contributed by atoms with van der Waals surface area (Å²) in [4.78, 5) is 13.2. The predicted molar refractivity (Wildman–Crippen MR) is 111 cm³/mol. The quantitative estimate of drug-likeness (QED) is 0.408. The number of hydrogen-bond acceptors (Lipinski definition) is 1. The summed E-state index contributed by atoms with van der Waals surface area (Å²) in [6.07, 6.45) is 0. The Hall–Kier alpha value is -2.87. The van der Waals surface area contributed by atoms with Crippen LogP contribution in [0.1, 0.15) is 27.8 Å². The van der Waals surface area contributed by atoms with E-state index >= 15 is 0 Å². The van der Waals surface area contributed by atoms with E-state index in [9.17, 15) is 4.79 Å². The van der Waals surface area contributed by atoms with Crippen LogP contribution in [-0.4, -0.2) is 4.57 Å². The first-order valence-corrected chi connectivity index (χ1v) is 9.01. The molecule has 2 nitrogen and oxygen atoms in total. The minimum atomic E-state index is 0.112. The van der Waals surface area contributed by atoms with E-state index < -0.39 is 0 Å². The number of nitrogens with zero attached hydrogens (tertiary/aromatic N) is 1. The SMILES string of the molecule is Cc1cc(C)c(-n2c3ccc(C)cc3c(=O)c3cc(C)ccc32)c(C)c1. The van der Waals surface area contributed by atoms with Gasteiger partial charge in [0.25, 0.3) is 0 Å². The minimum absolute atomic E-state index is 0.112. The van der Waals surface area contributed by atoms with Gasteiger partial charge in [0.1, 0.15) is 0 Å². The molecule has 4 aromatic rings. The number of benzene rings is 3. The minimum Gasteiger partial charge on any atom is -0.308 e. The molecule has 0 aliphatic heterocycles. The van der Waals surface area contributed by atoms with Crippen LogP contribution in [-0.2, 0) is 0 Å². The van der Waals surface area contributed by atoms with Gasteiger partial charge in [-0.1, -0.05) is 41.0 Å². The number of pyridine rings is 1. The van der Waals surface area contributed by atoms with E-state index in [0.717, 1.165) is 32.9 Å². The Morgan fingerprint density at radius 1 is 0.615 bits per heavy atom. The molecule has 2 heteroatoms. The fourth-order valence-corrected chi connectivity index (χ4v) is 4.09. The molecule has 1 heterocycles. The highest BCUT2D eigenvalue weighted by atomic mass is 16.1. The Kier molecular flexibility index (Phi) is 3.73. The van der Waals surface area contributed by atoms with Gasteiger partial charge in [-0.25, -0.2) is 0 Å². The molecule has 26 heavy (non-hydrogen) atoms. The van der Waals surface area contributed by atoms with Gasteiger partial charge in [-0.3, -0.25) is 4.79 Å². The molecular weight excluding hydrogens is 318 g/mol. The maximum atomic E-state index is 13.2. The van der Waals surface area contributed by atoms with Crippen molar-refractivity contribution in [2.45, 2.75) is 34.6 Å². The molecule has 0 radical (unpaired) electrons. The van der Waals surface area contributed by atoms with Crippen molar-refractivity contribution in [3.63, 3.8) is 0 Å². The summed E-state index contributed by atoms with van der Waals surface area (Å²) >= 11 is 0. The predicted octanol–water partition coefficient (Wildman–Crippen LogP) is 5.69. The van der Waals surface area contributed by atoms with Crippen molar-refractivity contribution >= 4 is 21.8 Å². The lowest BCUT2D eigenvalue weighted by Crippen LogP contribution is -2.12. The Labute approximate surface area is 153 Å². The van der Waals surface area contributed by atoms with Crippen LogP contribution in [0.4, 0.5) is 0 Å². The first-order chi connectivity index (χ1) is 12.4. The molecule has 0 aliphatic carbocycles. The van der Waals surface area contributed by atoms with E-state index in [1.165, 1.54) is 22.4 Å². The molecular formula is C24H23NO. The smallest absolute Gasteiger partial charge is 0.197 e. The molecule has 0 amide bonds. The first-order valence-electron chi connectivity index (χ1n) is 9.01. The molecule has 0 N–H and O–H groups in total. The zero-order chi connectivity index (χ0) is 18.6. The molecule has 0 unspecified atom stereocenters. The number of fused-ring (bicyclic) bond motifs is 2. The van der Waals surface area contributed by atoms with E-state index in [2.05, 4.69) is 61.7 Å². The van der Waals surface area contributed by atoms with Gasteiger partial charge in [-0.2, -0.15) is 0 Å². The van der Waals surface area contributed by atoms with Crippen LogP contribution in [0.2, 0.25) is 0 Å². The van der Waals surface area contributed by atoms with Crippen LogP contribution in [0.25, 0.3) is 27.5 Å². The van der Waals surface area contributed by atoms with Crippen molar-refractivity contribution in [2.24, 2.45) is 0 Å². The lowest BCUT2D eigenvalue weighted by atomic mass is 10.0. The topological polar surface area (TPSA) is 22.0 Å². The third-order valence-electron chi connectivity index (χ3n) is 5.13. The number of rotatable bonds is 1. The number of aryl methyl sites for hydroxylation is 5. The van der Waals surface area contributed by atoms with E-state index in [1.807, 2.05) is 26.0 Å². The Balaban J connectivity index is 2.31. The molecule has 0 fully saturated rings. The average molecular weight is 341 g/mol. The molecule has 0 aliphatic rings. The summed E-state index contributed by atoms with van der Waals surface area (Å²) in [6.45, 7) is 10.5. The summed E-state index contributed by atoms with van der Waals surface area (Å²) in [5, 5.41) is 1.56. The van der Waals surface area contributed by atoms with Crippen molar-refractivity contribution in [1.82, 2.24) is 4.57 Å². The molecule has 1 aromatic heterocycles. The van der Waals surface area contributed by atoms with Crippen molar-refractivity contribution in [2.75, 3.05) is 0 Å². The molecule has 130 valence electrons. The average Bonchev–Trinajstić information content (AvgIpc) is 2.57. The van der Waals surface area contributed by atoms with Crippen LogP contribution in [0.3, 0.4) is 0 Å². The third kappa shape index (κ3) is 2.45. The standard InChI is InChI=1S/C24H23NO/c1-14-6-8-21-19(12-14)24(26)20-13-15(2)7-9-22(20)25(21)23-17(4)10-16(3)11-18(23)5/h6-13H,1-5H3. The summed E-state index contributed by atoms with van der Waals surface area (Å²) in [6, 6.07) is 16.7. The van der Waals surface area contributed by atoms with Crippen LogP contribution in [0.15, 0.2) is 53.3 Å². The normalized spacial score (nSPS) is 11.4. The van der Waals surface area contributed by atoms with Crippen LogP contribution in [0.5, 0.6) is 0 Å². The van der Waals surface area contributed by atoms with Gasteiger partial charge in [-0.15, -0.1) is 0 Å². The van der Waals surface area contributed by atoms with Gasteiger partial charge in [0.15, 0.2) is 5.43 Å². The van der Waals surface area contributed by atoms with Gasteiger partial charge in [-0.05, 0) is 70.0 Å². The van der Waals surface area contributed by atoms with Crippen LogP contribution in [0, 0.1) is 34.6 Å². The molecule has 0 atom stereocenters. The maximum Gasteiger partial charge on any atom is 0.197 e. The zero-order valence-electron chi connectivity index (χ0n) is 16.0. The van der Waals surface area contributed by atoms with Crippen LogP contribution >= 0.6 is 0 Å². The van der Waals surface area contributed by atoms with E-state index in [4.69, 9.17) is 0 Å². The second-order valence-electron chi connectivity index (χ2n) is 7.45. The lowest BCUT2D eigenvalue weighted by Gasteiger charge is -2.20.